The number of ether oxygens (including phenoxy) is 1. The maximum atomic E-state index is 9.80. The molecule has 0 saturated heterocycles. The SMILES string of the molecule is CC1(O)CCC(COc2nnc(N)s2)CC1. The van der Waals surface area contributed by atoms with Gasteiger partial charge in [0.05, 0.1) is 12.2 Å². The Labute approximate surface area is 98.6 Å². The van der Waals surface area contributed by atoms with Gasteiger partial charge >= 0.3 is 0 Å². The lowest BCUT2D eigenvalue weighted by molar-refractivity contribution is 0.00148. The fraction of sp³-hybridized carbons (Fsp3) is 0.800. The van der Waals surface area contributed by atoms with E-state index in [2.05, 4.69) is 10.2 Å². The third-order valence-corrected chi connectivity index (χ3v) is 3.71. The van der Waals surface area contributed by atoms with Crippen molar-refractivity contribution >= 4 is 16.5 Å². The van der Waals surface area contributed by atoms with Gasteiger partial charge in [-0.05, 0) is 49.9 Å². The molecular weight excluding hydrogens is 226 g/mol. The van der Waals surface area contributed by atoms with E-state index in [1.165, 1.54) is 11.3 Å². The molecule has 1 saturated carbocycles. The van der Waals surface area contributed by atoms with Gasteiger partial charge in [-0.3, -0.25) is 0 Å². The van der Waals surface area contributed by atoms with Gasteiger partial charge in [-0.15, -0.1) is 5.10 Å². The molecule has 16 heavy (non-hydrogen) atoms. The molecular formula is C10H17N3O2S. The number of nitrogen functional groups attached to an aromatic ring is 1. The average Bonchev–Trinajstić information content (AvgIpc) is 2.63. The number of hydrogen-bond donors (Lipinski definition) is 2. The second kappa shape index (κ2) is 4.55. The Hall–Kier alpha value is -0.880. The molecule has 1 heterocycles. The van der Waals surface area contributed by atoms with Crippen LogP contribution < -0.4 is 10.5 Å². The van der Waals surface area contributed by atoms with Crippen LogP contribution in [0.1, 0.15) is 32.6 Å². The van der Waals surface area contributed by atoms with Gasteiger partial charge in [-0.2, -0.15) is 0 Å². The zero-order chi connectivity index (χ0) is 11.6. The lowest BCUT2D eigenvalue weighted by Gasteiger charge is -2.32. The van der Waals surface area contributed by atoms with E-state index in [9.17, 15) is 5.11 Å². The van der Waals surface area contributed by atoms with Crippen LogP contribution in [-0.2, 0) is 0 Å². The normalized spacial score (nSPS) is 30.2. The summed E-state index contributed by atoms with van der Waals surface area (Å²) in [7, 11) is 0. The molecule has 0 amide bonds. The van der Waals surface area contributed by atoms with Crippen LogP contribution in [0.2, 0.25) is 0 Å². The van der Waals surface area contributed by atoms with Crippen LogP contribution in [0.5, 0.6) is 5.19 Å². The van der Waals surface area contributed by atoms with Gasteiger partial charge < -0.3 is 15.6 Å². The standard InChI is InChI=1S/C10H17N3O2S/c1-10(14)4-2-7(3-5-10)6-15-9-13-12-8(11)16-9/h7,14H,2-6H2,1H3,(H2,11,12). The summed E-state index contributed by atoms with van der Waals surface area (Å²) in [6.45, 7) is 2.54. The molecule has 0 unspecified atom stereocenters. The van der Waals surface area contributed by atoms with E-state index < -0.39 is 5.60 Å². The van der Waals surface area contributed by atoms with Crippen LogP contribution in [0.3, 0.4) is 0 Å². The Bertz CT molecular complexity index is 344. The van der Waals surface area contributed by atoms with Gasteiger partial charge in [0.2, 0.25) is 5.13 Å². The molecule has 3 N–H and O–H groups in total. The minimum absolute atomic E-state index is 0.432. The molecule has 90 valence electrons. The maximum absolute atomic E-state index is 9.80. The first-order valence-corrected chi connectivity index (χ1v) is 6.31. The van der Waals surface area contributed by atoms with E-state index >= 15 is 0 Å². The average molecular weight is 243 g/mol. The zero-order valence-electron chi connectivity index (χ0n) is 9.35. The monoisotopic (exact) mass is 243 g/mol. The molecule has 0 radical (unpaired) electrons. The second-order valence-electron chi connectivity index (χ2n) is 4.66. The largest absolute Gasteiger partial charge is 0.469 e. The minimum atomic E-state index is -0.482. The summed E-state index contributed by atoms with van der Waals surface area (Å²) in [5, 5.41) is 18.3. The Morgan fingerprint density at radius 2 is 2.19 bits per heavy atom. The number of rotatable bonds is 3. The van der Waals surface area contributed by atoms with E-state index in [4.69, 9.17) is 10.5 Å². The quantitative estimate of drug-likeness (QED) is 0.839. The number of anilines is 1. The molecule has 0 atom stereocenters. The predicted molar refractivity (Wildman–Crippen MR) is 62.4 cm³/mol. The van der Waals surface area contributed by atoms with Crippen molar-refractivity contribution in [3.8, 4) is 5.19 Å². The van der Waals surface area contributed by atoms with Gasteiger partial charge in [0.25, 0.3) is 5.19 Å². The van der Waals surface area contributed by atoms with Crippen LogP contribution in [0.25, 0.3) is 0 Å². The van der Waals surface area contributed by atoms with Crippen molar-refractivity contribution in [1.29, 1.82) is 0 Å². The van der Waals surface area contributed by atoms with Crippen molar-refractivity contribution in [1.82, 2.24) is 10.2 Å². The fourth-order valence-corrected chi connectivity index (χ4v) is 2.40. The molecule has 1 aliphatic rings. The number of nitrogens with zero attached hydrogens (tertiary/aromatic N) is 2. The third-order valence-electron chi connectivity index (χ3n) is 3.05. The summed E-state index contributed by atoms with van der Waals surface area (Å²) in [6.07, 6.45) is 3.70. The molecule has 1 fully saturated rings. The van der Waals surface area contributed by atoms with E-state index in [1.54, 1.807) is 0 Å². The van der Waals surface area contributed by atoms with Crippen LogP contribution >= 0.6 is 11.3 Å². The highest BCUT2D eigenvalue weighted by Crippen LogP contribution is 2.32. The zero-order valence-corrected chi connectivity index (χ0v) is 10.2. The van der Waals surface area contributed by atoms with Gasteiger partial charge in [-0.25, -0.2) is 0 Å². The lowest BCUT2D eigenvalue weighted by Crippen LogP contribution is -2.32. The topological polar surface area (TPSA) is 81.3 Å². The van der Waals surface area contributed by atoms with E-state index in [-0.39, 0.29) is 0 Å². The molecule has 1 aromatic heterocycles. The molecule has 5 nitrogen and oxygen atoms in total. The molecule has 1 aliphatic carbocycles. The number of hydrogen-bond acceptors (Lipinski definition) is 6. The molecule has 0 bridgehead atoms. The highest BCUT2D eigenvalue weighted by Gasteiger charge is 2.28. The van der Waals surface area contributed by atoms with Crippen LogP contribution in [0, 0.1) is 5.92 Å². The summed E-state index contributed by atoms with van der Waals surface area (Å²) in [6, 6.07) is 0. The van der Waals surface area contributed by atoms with Gasteiger partial charge in [0.15, 0.2) is 0 Å². The first-order chi connectivity index (χ1) is 7.55. The fourth-order valence-electron chi connectivity index (χ4n) is 1.93. The highest BCUT2D eigenvalue weighted by atomic mass is 32.1. The lowest BCUT2D eigenvalue weighted by atomic mass is 9.80. The van der Waals surface area contributed by atoms with E-state index in [1.807, 2.05) is 6.92 Å². The first-order valence-electron chi connectivity index (χ1n) is 5.49. The van der Waals surface area contributed by atoms with Crippen LogP contribution in [0.4, 0.5) is 5.13 Å². The number of nitrogens with two attached hydrogens (primary N) is 1. The summed E-state index contributed by atoms with van der Waals surface area (Å²) in [5.74, 6) is 0.505. The van der Waals surface area contributed by atoms with Crippen molar-refractivity contribution in [3.63, 3.8) is 0 Å². The Balaban J connectivity index is 1.75. The minimum Gasteiger partial charge on any atom is -0.469 e. The van der Waals surface area contributed by atoms with Crippen LogP contribution in [0.15, 0.2) is 0 Å². The Morgan fingerprint density at radius 1 is 1.50 bits per heavy atom. The second-order valence-corrected chi connectivity index (χ2v) is 5.63. The third kappa shape index (κ3) is 3.05. The van der Waals surface area contributed by atoms with Crippen molar-refractivity contribution in [2.45, 2.75) is 38.2 Å². The maximum Gasteiger partial charge on any atom is 0.295 e. The summed E-state index contributed by atoms with van der Waals surface area (Å²) < 4.78 is 5.52. The van der Waals surface area contributed by atoms with Crippen molar-refractivity contribution in [2.24, 2.45) is 5.92 Å². The van der Waals surface area contributed by atoms with E-state index in [0.717, 1.165) is 25.7 Å². The number of aromatic nitrogens is 2. The molecule has 6 heteroatoms. The van der Waals surface area contributed by atoms with Crippen LogP contribution in [-0.4, -0.2) is 27.5 Å². The summed E-state index contributed by atoms with van der Waals surface area (Å²) in [4.78, 5) is 0. The smallest absolute Gasteiger partial charge is 0.295 e. The predicted octanol–water partition coefficient (Wildman–Crippen LogP) is 1.44. The Kier molecular flexibility index (Phi) is 3.30. The molecule has 0 aliphatic heterocycles. The molecule has 1 aromatic rings. The van der Waals surface area contributed by atoms with Crippen molar-refractivity contribution < 1.29 is 9.84 Å². The van der Waals surface area contributed by atoms with Crippen molar-refractivity contribution in [2.75, 3.05) is 12.3 Å². The molecule has 0 aromatic carbocycles. The van der Waals surface area contributed by atoms with Crippen molar-refractivity contribution in [3.05, 3.63) is 0 Å². The van der Waals surface area contributed by atoms with E-state index in [0.29, 0.717) is 22.9 Å². The first kappa shape index (κ1) is 11.6. The van der Waals surface area contributed by atoms with Gasteiger partial charge in [-0.1, -0.05) is 5.10 Å². The Morgan fingerprint density at radius 3 is 2.75 bits per heavy atom. The highest BCUT2D eigenvalue weighted by molar-refractivity contribution is 7.16. The molecule has 2 rings (SSSR count). The van der Waals surface area contributed by atoms with Gasteiger partial charge in [0, 0.05) is 0 Å². The summed E-state index contributed by atoms with van der Waals surface area (Å²) >= 11 is 1.26. The van der Waals surface area contributed by atoms with Gasteiger partial charge in [0.1, 0.15) is 0 Å². The molecule has 0 spiro atoms. The number of aliphatic hydroxyl groups is 1. The summed E-state index contributed by atoms with van der Waals surface area (Å²) in [5.41, 5.74) is 4.97.